The molecule has 0 spiro atoms. The van der Waals surface area contributed by atoms with Gasteiger partial charge in [-0.3, -0.25) is 4.79 Å². The van der Waals surface area contributed by atoms with Gasteiger partial charge in [-0.2, -0.15) is 0 Å². The van der Waals surface area contributed by atoms with Gasteiger partial charge in [-0.05, 0) is 12.1 Å². The Morgan fingerprint density at radius 1 is 1.62 bits per heavy atom. The number of halogens is 3. The summed E-state index contributed by atoms with van der Waals surface area (Å²) in [4.78, 5) is 11.2. The summed E-state index contributed by atoms with van der Waals surface area (Å²) in [6.07, 6.45) is 0. The van der Waals surface area contributed by atoms with Crippen molar-refractivity contribution in [3.8, 4) is 5.75 Å². The summed E-state index contributed by atoms with van der Waals surface area (Å²) in [5.74, 6) is -0.864. The number of phenols is 1. The molecule has 0 fully saturated rings. The van der Waals surface area contributed by atoms with Crippen LogP contribution in [0.15, 0.2) is 16.6 Å². The Morgan fingerprint density at radius 3 is 2.69 bits per heavy atom. The van der Waals surface area contributed by atoms with Crippen LogP contribution in [0.2, 0.25) is 5.02 Å². The van der Waals surface area contributed by atoms with Gasteiger partial charge in [-0.25, -0.2) is 0 Å². The Morgan fingerprint density at radius 2 is 2.19 bits per heavy atom. The van der Waals surface area contributed by atoms with Gasteiger partial charge in [0.1, 0.15) is 11.8 Å². The zero-order valence-electron chi connectivity index (χ0n) is 8.24. The number of esters is 1. The third-order valence-electron chi connectivity index (χ3n) is 1.88. The average molecular weight is 331 g/mol. The summed E-state index contributed by atoms with van der Waals surface area (Å²) in [7, 11) is 1.22. The molecule has 16 heavy (non-hydrogen) atoms. The van der Waals surface area contributed by atoms with E-state index >= 15 is 0 Å². The zero-order chi connectivity index (χ0) is 11.6. The van der Waals surface area contributed by atoms with E-state index in [2.05, 4.69) is 20.7 Å². The number of rotatable bonds is 2. The second kappa shape index (κ2) is 6.30. The number of methoxy groups -OCH3 is 1. The fraction of sp³-hybridized carbons (Fsp3) is 0.222. The molecule has 0 saturated heterocycles. The Bertz CT molecular complexity index is 401. The highest BCUT2D eigenvalue weighted by Crippen LogP contribution is 2.36. The molecule has 0 radical (unpaired) electrons. The molecule has 90 valence electrons. The maximum Gasteiger partial charge on any atom is 0.327 e. The van der Waals surface area contributed by atoms with Crippen LogP contribution in [0.25, 0.3) is 0 Å². The summed E-state index contributed by atoms with van der Waals surface area (Å²) < 4.78 is 4.98. The molecule has 0 aliphatic heterocycles. The van der Waals surface area contributed by atoms with Gasteiger partial charge >= 0.3 is 5.97 Å². The molecule has 0 aliphatic rings. The number of nitrogens with two attached hydrogens (primary N) is 1. The van der Waals surface area contributed by atoms with Gasteiger partial charge < -0.3 is 15.6 Å². The molecular weight excluding hydrogens is 321 g/mol. The Kier molecular flexibility index (Phi) is 6.10. The summed E-state index contributed by atoms with van der Waals surface area (Å²) in [5, 5.41) is 9.78. The van der Waals surface area contributed by atoms with Gasteiger partial charge in [0.15, 0.2) is 0 Å². The van der Waals surface area contributed by atoms with E-state index in [4.69, 9.17) is 17.3 Å². The first-order valence-corrected chi connectivity index (χ1v) is 5.16. The molecule has 0 aromatic heterocycles. The minimum absolute atomic E-state index is 0. The molecule has 0 saturated carbocycles. The second-order valence-corrected chi connectivity index (χ2v) is 4.05. The quantitative estimate of drug-likeness (QED) is 0.817. The molecule has 7 heteroatoms. The number of ether oxygens (including phenoxy) is 1. The van der Waals surface area contributed by atoms with Crippen LogP contribution in [0.3, 0.4) is 0 Å². The van der Waals surface area contributed by atoms with Crippen molar-refractivity contribution in [1.82, 2.24) is 0 Å². The van der Waals surface area contributed by atoms with Crippen molar-refractivity contribution in [2.45, 2.75) is 6.04 Å². The van der Waals surface area contributed by atoms with Crippen LogP contribution < -0.4 is 5.73 Å². The number of carbonyl (C=O) groups excluding carboxylic acids is 1. The molecular formula is C9H10BrCl2NO3. The smallest absolute Gasteiger partial charge is 0.327 e. The molecule has 1 aromatic carbocycles. The molecule has 0 unspecified atom stereocenters. The summed E-state index contributed by atoms with van der Waals surface area (Å²) >= 11 is 8.87. The predicted molar refractivity (Wildman–Crippen MR) is 67.0 cm³/mol. The molecule has 0 aliphatic carbocycles. The largest absolute Gasteiger partial charge is 0.506 e. The van der Waals surface area contributed by atoms with Crippen LogP contribution in [-0.4, -0.2) is 18.2 Å². The molecule has 0 heterocycles. The Balaban J connectivity index is 0.00000225. The molecule has 1 rings (SSSR count). The SMILES string of the molecule is COC(=O)[C@@H](N)c1c(Br)ccc(Cl)c1O.Cl. The fourth-order valence-corrected chi connectivity index (χ4v) is 1.83. The standard InChI is InChI=1S/C9H9BrClNO3.ClH/c1-15-9(14)7(12)6-4(10)2-3-5(11)8(6)13;/h2-3,7,13H,12H2,1H3;1H/t7-;/m0./s1. The van der Waals surface area contributed by atoms with E-state index in [1.54, 1.807) is 6.07 Å². The lowest BCUT2D eigenvalue weighted by molar-refractivity contribution is -0.142. The maximum atomic E-state index is 11.2. The average Bonchev–Trinajstić information content (AvgIpc) is 2.22. The van der Waals surface area contributed by atoms with Crippen molar-refractivity contribution in [3.63, 3.8) is 0 Å². The Labute approximate surface area is 112 Å². The summed E-state index contributed by atoms with van der Waals surface area (Å²) in [6, 6.07) is 2.03. The number of aromatic hydroxyl groups is 1. The van der Waals surface area contributed by atoms with E-state index in [0.29, 0.717) is 4.47 Å². The number of benzene rings is 1. The number of phenolic OH excluding ortho intramolecular Hbond substituents is 1. The van der Waals surface area contributed by atoms with E-state index in [-0.39, 0.29) is 28.7 Å². The lowest BCUT2D eigenvalue weighted by Crippen LogP contribution is -2.23. The third-order valence-corrected chi connectivity index (χ3v) is 2.88. The van der Waals surface area contributed by atoms with E-state index in [9.17, 15) is 9.90 Å². The van der Waals surface area contributed by atoms with E-state index in [1.165, 1.54) is 13.2 Å². The van der Waals surface area contributed by atoms with Crippen molar-refractivity contribution in [3.05, 3.63) is 27.2 Å². The van der Waals surface area contributed by atoms with Crippen LogP contribution in [-0.2, 0) is 9.53 Å². The molecule has 4 nitrogen and oxygen atoms in total. The van der Waals surface area contributed by atoms with Gasteiger partial charge in [-0.15, -0.1) is 12.4 Å². The lowest BCUT2D eigenvalue weighted by Gasteiger charge is -2.13. The number of hydrogen-bond donors (Lipinski definition) is 2. The van der Waals surface area contributed by atoms with Crippen LogP contribution in [0.5, 0.6) is 5.75 Å². The fourth-order valence-electron chi connectivity index (χ4n) is 1.10. The van der Waals surface area contributed by atoms with Crippen LogP contribution in [0.1, 0.15) is 11.6 Å². The monoisotopic (exact) mass is 329 g/mol. The first-order chi connectivity index (χ1) is 6.99. The highest BCUT2D eigenvalue weighted by molar-refractivity contribution is 9.10. The minimum Gasteiger partial charge on any atom is -0.506 e. The van der Waals surface area contributed by atoms with Crippen LogP contribution >= 0.6 is 39.9 Å². The Hall–Kier alpha value is -0.490. The number of carbonyl (C=O) groups is 1. The topological polar surface area (TPSA) is 72.5 Å². The van der Waals surface area contributed by atoms with Crippen molar-refractivity contribution in [2.24, 2.45) is 5.73 Å². The molecule has 0 bridgehead atoms. The highest BCUT2D eigenvalue weighted by Gasteiger charge is 2.23. The highest BCUT2D eigenvalue weighted by atomic mass is 79.9. The number of hydrogen-bond acceptors (Lipinski definition) is 4. The van der Waals surface area contributed by atoms with Gasteiger partial charge in [0.2, 0.25) is 0 Å². The van der Waals surface area contributed by atoms with E-state index < -0.39 is 12.0 Å². The van der Waals surface area contributed by atoms with Crippen LogP contribution in [0.4, 0.5) is 0 Å². The lowest BCUT2D eigenvalue weighted by atomic mass is 10.1. The van der Waals surface area contributed by atoms with Gasteiger partial charge in [0.25, 0.3) is 0 Å². The van der Waals surface area contributed by atoms with Gasteiger partial charge in [0, 0.05) is 10.0 Å². The zero-order valence-corrected chi connectivity index (χ0v) is 11.4. The second-order valence-electron chi connectivity index (χ2n) is 2.79. The van der Waals surface area contributed by atoms with E-state index in [1.807, 2.05) is 0 Å². The van der Waals surface area contributed by atoms with Crippen molar-refractivity contribution >= 4 is 45.9 Å². The predicted octanol–water partition coefficient (Wildman–Crippen LogP) is 2.40. The molecule has 0 amide bonds. The van der Waals surface area contributed by atoms with Crippen LogP contribution in [0, 0.1) is 0 Å². The summed E-state index contributed by atoms with van der Waals surface area (Å²) in [6.45, 7) is 0. The van der Waals surface area contributed by atoms with Crippen molar-refractivity contribution in [2.75, 3.05) is 7.11 Å². The first kappa shape index (κ1) is 15.5. The van der Waals surface area contributed by atoms with Gasteiger partial charge in [-0.1, -0.05) is 27.5 Å². The molecule has 3 N–H and O–H groups in total. The molecule has 1 atom stereocenters. The first-order valence-electron chi connectivity index (χ1n) is 3.99. The van der Waals surface area contributed by atoms with E-state index in [0.717, 1.165) is 0 Å². The van der Waals surface area contributed by atoms with Crippen molar-refractivity contribution in [1.29, 1.82) is 0 Å². The maximum absolute atomic E-state index is 11.2. The van der Waals surface area contributed by atoms with Crippen molar-refractivity contribution < 1.29 is 14.6 Å². The normalized spacial score (nSPS) is 11.5. The molecule has 1 aromatic rings. The minimum atomic E-state index is -1.07. The third kappa shape index (κ3) is 3.01. The summed E-state index contributed by atoms with van der Waals surface area (Å²) in [5.41, 5.74) is 5.81. The van der Waals surface area contributed by atoms with Gasteiger partial charge in [0.05, 0.1) is 12.1 Å².